The van der Waals surface area contributed by atoms with Gasteiger partial charge in [0.15, 0.2) is 0 Å². The summed E-state index contributed by atoms with van der Waals surface area (Å²) in [7, 11) is -3.34. The van der Waals surface area contributed by atoms with Crippen LogP contribution in [0.3, 0.4) is 0 Å². The van der Waals surface area contributed by atoms with Gasteiger partial charge in [-0.25, -0.2) is 13.2 Å². The lowest BCUT2D eigenvalue weighted by Crippen LogP contribution is -2.26. The van der Waals surface area contributed by atoms with Gasteiger partial charge in [0, 0.05) is 6.54 Å². The van der Waals surface area contributed by atoms with Crippen molar-refractivity contribution >= 4 is 33.3 Å². The summed E-state index contributed by atoms with van der Waals surface area (Å²) in [5, 5.41) is 0.327. The van der Waals surface area contributed by atoms with Gasteiger partial charge in [0.05, 0.1) is 22.0 Å². The van der Waals surface area contributed by atoms with Crippen LogP contribution in [0.4, 0.5) is 5.69 Å². The maximum absolute atomic E-state index is 12.5. The second-order valence-electron chi connectivity index (χ2n) is 6.78. The zero-order chi connectivity index (χ0) is 17.9. The smallest absolute Gasteiger partial charge is 0.338 e. The average molecular weight is 386 g/mol. The quantitative estimate of drug-likeness (QED) is 0.733. The molecule has 7 heteroatoms. The molecule has 0 spiro atoms. The molecule has 5 nitrogen and oxygen atoms in total. The maximum Gasteiger partial charge on any atom is 0.338 e. The van der Waals surface area contributed by atoms with Gasteiger partial charge in [0.25, 0.3) is 0 Å². The van der Waals surface area contributed by atoms with Crippen molar-refractivity contribution in [2.24, 2.45) is 0 Å². The number of esters is 1. The number of rotatable bonds is 3. The number of halogens is 1. The fraction of sp³-hybridized carbons (Fsp3) is 0.611. The number of hydrogen-bond donors (Lipinski definition) is 0. The molecule has 0 aromatic heterocycles. The van der Waals surface area contributed by atoms with Crippen LogP contribution >= 0.6 is 11.6 Å². The van der Waals surface area contributed by atoms with Crippen molar-refractivity contribution in [3.63, 3.8) is 0 Å². The van der Waals surface area contributed by atoms with Gasteiger partial charge in [-0.05, 0) is 50.3 Å². The Morgan fingerprint density at radius 1 is 1.08 bits per heavy atom. The van der Waals surface area contributed by atoms with Crippen LogP contribution in [0.1, 0.15) is 61.7 Å². The summed E-state index contributed by atoms with van der Waals surface area (Å²) in [6, 6.07) is 4.70. The van der Waals surface area contributed by atoms with Crippen LogP contribution in [0.5, 0.6) is 0 Å². The molecule has 0 N–H and O–H groups in total. The van der Waals surface area contributed by atoms with Crippen LogP contribution < -0.4 is 4.31 Å². The number of anilines is 1. The summed E-state index contributed by atoms with van der Waals surface area (Å²) in [4.78, 5) is 12.5. The lowest BCUT2D eigenvalue weighted by Gasteiger charge is -2.21. The number of nitrogens with zero attached hydrogens (tertiary/aromatic N) is 1. The minimum Gasteiger partial charge on any atom is -0.459 e. The third-order valence-corrected chi connectivity index (χ3v) is 7.05. The fourth-order valence-electron chi connectivity index (χ4n) is 3.50. The van der Waals surface area contributed by atoms with Crippen LogP contribution in [0.15, 0.2) is 18.2 Å². The molecule has 1 saturated heterocycles. The minimum atomic E-state index is -3.34. The number of carbonyl (C=O) groups is 1. The van der Waals surface area contributed by atoms with Gasteiger partial charge < -0.3 is 4.74 Å². The van der Waals surface area contributed by atoms with Gasteiger partial charge in [0.1, 0.15) is 6.10 Å². The second-order valence-corrected chi connectivity index (χ2v) is 9.20. The maximum atomic E-state index is 12.5. The van der Waals surface area contributed by atoms with Crippen molar-refractivity contribution < 1.29 is 17.9 Å². The van der Waals surface area contributed by atoms with Gasteiger partial charge in [-0.3, -0.25) is 4.31 Å². The molecule has 1 aliphatic heterocycles. The zero-order valence-electron chi connectivity index (χ0n) is 14.2. The van der Waals surface area contributed by atoms with E-state index in [1.807, 2.05) is 0 Å². The van der Waals surface area contributed by atoms with Crippen LogP contribution in [0, 0.1) is 0 Å². The first-order valence-electron chi connectivity index (χ1n) is 8.98. The minimum absolute atomic E-state index is 0.0533. The molecule has 3 rings (SSSR count). The molecule has 0 atom stereocenters. The Morgan fingerprint density at radius 2 is 1.76 bits per heavy atom. The van der Waals surface area contributed by atoms with E-state index in [4.69, 9.17) is 16.3 Å². The highest BCUT2D eigenvalue weighted by atomic mass is 35.5. The molecule has 1 aromatic rings. The molecule has 1 aliphatic carbocycles. The Morgan fingerprint density at radius 3 is 2.40 bits per heavy atom. The monoisotopic (exact) mass is 385 g/mol. The van der Waals surface area contributed by atoms with Gasteiger partial charge in [-0.2, -0.15) is 0 Å². The van der Waals surface area contributed by atoms with E-state index in [1.54, 1.807) is 12.1 Å². The van der Waals surface area contributed by atoms with Crippen LogP contribution in [-0.4, -0.2) is 32.8 Å². The normalized spacial score (nSPS) is 21.6. The Hall–Kier alpha value is -1.27. The number of carbonyl (C=O) groups excluding carboxylic acids is 1. The fourth-order valence-corrected chi connectivity index (χ4v) is 5.34. The summed E-state index contributed by atoms with van der Waals surface area (Å²) in [6.07, 6.45) is 8.09. The molecule has 1 heterocycles. The molecular weight excluding hydrogens is 362 g/mol. The van der Waals surface area contributed by atoms with E-state index in [0.717, 1.165) is 25.7 Å². The number of hydrogen-bond acceptors (Lipinski definition) is 4. The van der Waals surface area contributed by atoms with Crippen molar-refractivity contribution in [2.45, 2.75) is 57.5 Å². The van der Waals surface area contributed by atoms with Crippen LogP contribution in [-0.2, 0) is 14.8 Å². The summed E-state index contributed by atoms with van der Waals surface area (Å²) in [5.41, 5.74) is 0.717. The largest absolute Gasteiger partial charge is 0.459 e. The molecule has 0 unspecified atom stereocenters. The lowest BCUT2D eigenvalue weighted by atomic mass is 9.98. The van der Waals surface area contributed by atoms with Gasteiger partial charge in [0.2, 0.25) is 10.0 Å². The number of benzene rings is 1. The van der Waals surface area contributed by atoms with Crippen molar-refractivity contribution in [1.29, 1.82) is 0 Å². The highest BCUT2D eigenvalue weighted by molar-refractivity contribution is 7.93. The van der Waals surface area contributed by atoms with E-state index in [1.165, 1.54) is 29.6 Å². The van der Waals surface area contributed by atoms with Crippen LogP contribution in [0.2, 0.25) is 5.02 Å². The van der Waals surface area contributed by atoms with Gasteiger partial charge in [-0.15, -0.1) is 0 Å². The Balaban J connectivity index is 1.76. The van der Waals surface area contributed by atoms with Crippen molar-refractivity contribution in [2.75, 3.05) is 16.6 Å². The molecule has 25 heavy (non-hydrogen) atoms. The Labute approximate surface area is 154 Å². The van der Waals surface area contributed by atoms with Crippen molar-refractivity contribution in [3.8, 4) is 0 Å². The Bertz CT molecular complexity index is 727. The van der Waals surface area contributed by atoms with Gasteiger partial charge >= 0.3 is 5.97 Å². The molecule has 0 bridgehead atoms. The molecule has 0 radical (unpaired) electrons. The molecule has 2 aliphatic rings. The third-order valence-electron chi connectivity index (χ3n) is 4.88. The Kier molecular flexibility index (Phi) is 5.89. The number of sulfonamides is 1. The van der Waals surface area contributed by atoms with Crippen LogP contribution in [0.25, 0.3) is 0 Å². The third kappa shape index (κ3) is 4.47. The zero-order valence-corrected chi connectivity index (χ0v) is 15.8. The van der Waals surface area contributed by atoms with E-state index in [0.29, 0.717) is 29.2 Å². The molecule has 2 fully saturated rings. The summed E-state index contributed by atoms with van der Waals surface area (Å²) in [6.45, 7) is 0.392. The van der Waals surface area contributed by atoms with Gasteiger partial charge in [-0.1, -0.05) is 30.9 Å². The molecular formula is C18H24ClNO4S. The van der Waals surface area contributed by atoms with E-state index in [-0.39, 0.29) is 11.9 Å². The topological polar surface area (TPSA) is 63.7 Å². The molecule has 1 aromatic carbocycles. The van der Waals surface area contributed by atoms with E-state index < -0.39 is 16.0 Å². The lowest BCUT2D eigenvalue weighted by molar-refractivity contribution is 0.0239. The highest BCUT2D eigenvalue weighted by Gasteiger charge is 2.30. The molecule has 0 amide bonds. The standard InChI is InChI=1S/C18H24ClNO4S/c19-16-10-9-14(13-17(16)20-11-6-12-25(20,22)23)18(21)24-15-7-4-2-1-3-5-8-15/h9-10,13,15H,1-8,11-12H2. The first-order chi connectivity index (χ1) is 12.0. The SMILES string of the molecule is O=C(OC1CCCCCCC1)c1ccc(Cl)c(N2CCCS2(=O)=O)c1. The number of ether oxygens (including phenoxy) is 1. The average Bonchev–Trinajstić information content (AvgIpc) is 2.89. The predicted molar refractivity (Wildman–Crippen MR) is 98.7 cm³/mol. The first kappa shape index (κ1) is 18.5. The molecule has 138 valence electrons. The summed E-state index contributed by atoms with van der Waals surface area (Å²) >= 11 is 6.18. The second kappa shape index (κ2) is 7.96. The molecule has 1 saturated carbocycles. The summed E-state index contributed by atoms with van der Waals surface area (Å²) < 4.78 is 31.2. The highest BCUT2D eigenvalue weighted by Crippen LogP contribution is 2.32. The van der Waals surface area contributed by atoms with E-state index in [2.05, 4.69) is 0 Å². The summed E-state index contributed by atoms with van der Waals surface area (Å²) in [5.74, 6) is -0.292. The van der Waals surface area contributed by atoms with E-state index >= 15 is 0 Å². The van der Waals surface area contributed by atoms with Crippen molar-refractivity contribution in [3.05, 3.63) is 28.8 Å². The van der Waals surface area contributed by atoms with E-state index in [9.17, 15) is 13.2 Å². The first-order valence-corrected chi connectivity index (χ1v) is 11.0. The van der Waals surface area contributed by atoms with Crippen molar-refractivity contribution in [1.82, 2.24) is 0 Å². The predicted octanol–water partition coefficient (Wildman–Crippen LogP) is 4.15.